The van der Waals surface area contributed by atoms with Crippen LogP contribution < -0.4 is 10.2 Å². The summed E-state index contributed by atoms with van der Waals surface area (Å²) in [5.74, 6) is -1.19. The summed E-state index contributed by atoms with van der Waals surface area (Å²) in [7, 11) is 0. The largest absolute Gasteiger partial charge is 0.325 e. The monoisotopic (exact) mass is 408 g/mol. The number of nitrogens with one attached hydrogen (secondary N) is 1. The van der Waals surface area contributed by atoms with Crippen LogP contribution in [0.5, 0.6) is 0 Å². The van der Waals surface area contributed by atoms with Crippen LogP contribution in [0.25, 0.3) is 5.69 Å². The van der Waals surface area contributed by atoms with Gasteiger partial charge in [-0.2, -0.15) is 0 Å². The topological polar surface area (TPSA) is 67.2 Å². The smallest absolute Gasteiger partial charge is 0.239 e. The first-order valence-electron chi connectivity index (χ1n) is 9.43. The molecule has 0 radical (unpaired) electrons. The summed E-state index contributed by atoms with van der Waals surface area (Å²) in [6.45, 7) is 4.47. The minimum Gasteiger partial charge on any atom is -0.325 e. The highest BCUT2D eigenvalue weighted by Gasteiger charge is 2.37. The van der Waals surface area contributed by atoms with Gasteiger partial charge in [-0.25, -0.2) is 4.98 Å². The number of nitrogens with zero attached hydrogens (tertiary/aromatic N) is 3. The number of hydrogen-bond donors (Lipinski definition) is 1. The van der Waals surface area contributed by atoms with Crippen molar-refractivity contribution in [3.05, 3.63) is 71.3 Å². The van der Waals surface area contributed by atoms with Crippen molar-refractivity contribution in [1.82, 2.24) is 9.55 Å². The van der Waals surface area contributed by atoms with Crippen LogP contribution in [0, 0.1) is 19.8 Å². The van der Waals surface area contributed by atoms with Gasteiger partial charge in [0.2, 0.25) is 11.8 Å². The van der Waals surface area contributed by atoms with E-state index >= 15 is 0 Å². The lowest BCUT2D eigenvalue weighted by Crippen LogP contribution is -2.33. The summed E-state index contributed by atoms with van der Waals surface area (Å²) < 4.78 is 1.99. The molecule has 1 atom stereocenters. The third-order valence-corrected chi connectivity index (χ3v) is 5.54. The van der Waals surface area contributed by atoms with E-state index in [1.807, 2.05) is 48.7 Å². The molecular weight excluding hydrogens is 388 g/mol. The molecule has 1 aromatic heterocycles. The number of hydrogen-bond acceptors (Lipinski definition) is 3. The molecule has 2 amide bonds. The fourth-order valence-corrected chi connectivity index (χ4v) is 3.70. The molecule has 0 saturated carbocycles. The molecule has 1 N–H and O–H groups in total. The second-order valence-corrected chi connectivity index (χ2v) is 7.57. The minimum atomic E-state index is -0.702. The van der Waals surface area contributed by atoms with E-state index in [1.54, 1.807) is 29.4 Å². The first-order valence-corrected chi connectivity index (χ1v) is 9.80. The van der Waals surface area contributed by atoms with Gasteiger partial charge in [0.05, 0.1) is 12.0 Å². The van der Waals surface area contributed by atoms with Crippen molar-refractivity contribution in [3.63, 3.8) is 0 Å². The maximum absolute atomic E-state index is 12.7. The Labute approximate surface area is 174 Å². The van der Waals surface area contributed by atoms with Crippen molar-refractivity contribution in [2.45, 2.75) is 20.3 Å². The van der Waals surface area contributed by atoms with Gasteiger partial charge in [0.15, 0.2) is 0 Å². The molecule has 0 spiro atoms. The molecule has 1 aliphatic heterocycles. The Morgan fingerprint density at radius 3 is 2.55 bits per heavy atom. The van der Waals surface area contributed by atoms with Gasteiger partial charge < -0.3 is 14.8 Å². The Morgan fingerprint density at radius 1 is 1.14 bits per heavy atom. The molecule has 3 aromatic rings. The van der Waals surface area contributed by atoms with Crippen LogP contribution in [0.1, 0.15) is 17.8 Å². The van der Waals surface area contributed by atoms with Gasteiger partial charge in [0, 0.05) is 34.3 Å². The van der Waals surface area contributed by atoms with E-state index in [2.05, 4.69) is 10.3 Å². The average Bonchev–Trinajstić information content (AvgIpc) is 3.25. The first-order chi connectivity index (χ1) is 13.9. The number of carbonyl (C=O) groups excluding carboxylic acids is 2. The Morgan fingerprint density at radius 2 is 1.90 bits per heavy atom. The highest BCUT2D eigenvalue weighted by molar-refractivity contribution is 6.31. The van der Waals surface area contributed by atoms with Gasteiger partial charge in [0.1, 0.15) is 5.92 Å². The van der Waals surface area contributed by atoms with Crippen LogP contribution in [-0.2, 0) is 9.59 Å². The lowest BCUT2D eigenvalue weighted by molar-refractivity contribution is -0.129. The zero-order valence-electron chi connectivity index (χ0n) is 16.2. The molecule has 4 rings (SSSR count). The van der Waals surface area contributed by atoms with Gasteiger partial charge in [-0.15, -0.1) is 0 Å². The number of aryl methyl sites for hydroxylation is 1. The van der Waals surface area contributed by atoms with E-state index in [-0.39, 0.29) is 11.8 Å². The second-order valence-electron chi connectivity index (χ2n) is 7.13. The van der Waals surface area contributed by atoms with Crippen molar-refractivity contribution in [1.29, 1.82) is 0 Å². The Kier molecular flexibility index (Phi) is 5.11. The van der Waals surface area contributed by atoms with Gasteiger partial charge in [0.25, 0.3) is 0 Å². The Hall–Kier alpha value is -3.12. The fraction of sp³-hybridized carbons (Fsp3) is 0.227. The average molecular weight is 409 g/mol. The molecule has 0 bridgehead atoms. The summed E-state index contributed by atoms with van der Waals surface area (Å²) in [5, 5.41) is 3.42. The fourth-order valence-electron chi connectivity index (χ4n) is 3.52. The molecule has 148 valence electrons. The van der Waals surface area contributed by atoms with Crippen molar-refractivity contribution in [2.24, 2.45) is 5.92 Å². The Bertz CT molecular complexity index is 1070. The number of rotatable bonds is 4. The van der Waals surface area contributed by atoms with E-state index in [9.17, 15) is 9.59 Å². The van der Waals surface area contributed by atoms with E-state index in [0.29, 0.717) is 29.4 Å². The molecule has 1 aliphatic rings. The van der Waals surface area contributed by atoms with Gasteiger partial charge in [-0.05, 0) is 62.7 Å². The number of amides is 2. The lowest BCUT2D eigenvalue weighted by Gasteiger charge is -2.17. The van der Waals surface area contributed by atoms with Crippen molar-refractivity contribution in [2.75, 3.05) is 16.8 Å². The quantitative estimate of drug-likeness (QED) is 0.660. The maximum Gasteiger partial charge on any atom is 0.239 e. The maximum atomic E-state index is 12.7. The summed E-state index contributed by atoms with van der Waals surface area (Å²) in [6, 6.07) is 14.6. The van der Waals surface area contributed by atoms with Gasteiger partial charge >= 0.3 is 0 Å². The standard InChI is InChI=1S/C22H21ClN4O2/c1-14-15(2)27(13-24-14)18-8-6-17(7-9-18)25-21(28)20-10-11-26(22(20)29)19-5-3-4-16(23)12-19/h3-9,12-13,20H,10-11H2,1-2H3,(H,25,28). The van der Waals surface area contributed by atoms with Gasteiger partial charge in [-0.1, -0.05) is 17.7 Å². The summed E-state index contributed by atoms with van der Waals surface area (Å²) in [5.41, 5.74) is 4.38. The SMILES string of the molecule is Cc1ncn(-c2ccc(NC(=O)C3CCN(c4cccc(Cl)c4)C3=O)cc2)c1C. The zero-order chi connectivity index (χ0) is 20.5. The van der Waals surface area contributed by atoms with Crippen LogP contribution in [0.3, 0.4) is 0 Å². The van der Waals surface area contributed by atoms with E-state index < -0.39 is 5.92 Å². The number of carbonyl (C=O) groups is 2. The normalized spacial score (nSPS) is 16.3. The number of aromatic nitrogens is 2. The molecule has 6 nitrogen and oxygen atoms in total. The molecule has 1 fully saturated rings. The van der Waals surface area contributed by atoms with Crippen LogP contribution >= 0.6 is 11.6 Å². The predicted molar refractivity (Wildman–Crippen MR) is 114 cm³/mol. The van der Waals surface area contributed by atoms with Crippen molar-refractivity contribution in [3.8, 4) is 5.69 Å². The van der Waals surface area contributed by atoms with E-state index in [0.717, 1.165) is 17.1 Å². The number of imidazole rings is 1. The summed E-state index contributed by atoms with van der Waals surface area (Å²) >= 11 is 6.02. The molecule has 1 unspecified atom stereocenters. The highest BCUT2D eigenvalue weighted by atomic mass is 35.5. The summed E-state index contributed by atoms with van der Waals surface area (Å²) in [4.78, 5) is 31.3. The number of halogens is 1. The molecule has 2 heterocycles. The van der Waals surface area contributed by atoms with Crippen LogP contribution in [0.15, 0.2) is 54.9 Å². The van der Waals surface area contributed by atoms with E-state index in [1.165, 1.54) is 0 Å². The van der Waals surface area contributed by atoms with Gasteiger partial charge in [-0.3, -0.25) is 9.59 Å². The van der Waals surface area contributed by atoms with E-state index in [4.69, 9.17) is 11.6 Å². The zero-order valence-corrected chi connectivity index (χ0v) is 17.0. The second kappa shape index (κ2) is 7.72. The summed E-state index contributed by atoms with van der Waals surface area (Å²) in [6.07, 6.45) is 2.25. The van der Waals surface area contributed by atoms with Crippen molar-refractivity contribution >= 4 is 34.8 Å². The van der Waals surface area contributed by atoms with Crippen molar-refractivity contribution < 1.29 is 9.59 Å². The van der Waals surface area contributed by atoms with Crippen LogP contribution in [-0.4, -0.2) is 27.9 Å². The molecule has 29 heavy (non-hydrogen) atoms. The third kappa shape index (κ3) is 3.76. The third-order valence-electron chi connectivity index (χ3n) is 5.31. The van der Waals surface area contributed by atoms with Crippen LogP contribution in [0.4, 0.5) is 11.4 Å². The molecular formula is C22H21ClN4O2. The number of benzene rings is 2. The molecule has 2 aromatic carbocycles. The molecule has 1 saturated heterocycles. The molecule has 7 heteroatoms. The minimum absolute atomic E-state index is 0.203. The Balaban J connectivity index is 1.44. The predicted octanol–water partition coefficient (Wildman–Crippen LogP) is 4.13. The highest BCUT2D eigenvalue weighted by Crippen LogP contribution is 2.28. The number of anilines is 2. The lowest BCUT2D eigenvalue weighted by atomic mass is 10.1. The molecule has 0 aliphatic carbocycles. The van der Waals surface area contributed by atoms with Crippen LogP contribution in [0.2, 0.25) is 5.02 Å². The first kappa shape index (κ1) is 19.2.